The molecule has 3 aliphatic heterocycles. The second-order valence-corrected chi connectivity index (χ2v) is 8.61. The summed E-state index contributed by atoms with van der Waals surface area (Å²) in [4.78, 5) is 28.7. The maximum Gasteiger partial charge on any atom is 0.259 e. The Morgan fingerprint density at radius 2 is 1.89 bits per heavy atom. The molecule has 0 atom stereocenters. The van der Waals surface area contributed by atoms with Crippen LogP contribution in [0, 0.1) is 0 Å². The summed E-state index contributed by atoms with van der Waals surface area (Å²) in [5, 5.41) is 2.74. The summed E-state index contributed by atoms with van der Waals surface area (Å²) in [5.41, 5.74) is 1.15. The Balaban J connectivity index is 1.54. The minimum Gasteiger partial charge on any atom is -0.339 e. The van der Waals surface area contributed by atoms with Gasteiger partial charge in [0.1, 0.15) is 0 Å². The molecule has 0 unspecified atom stereocenters. The highest BCUT2D eigenvalue weighted by atomic mass is 32.2. The number of rotatable bonds is 3. The maximum atomic E-state index is 12.8. The van der Waals surface area contributed by atoms with Crippen molar-refractivity contribution in [3.63, 3.8) is 0 Å². The van der Waals surface area contributed by atoms with E-state index >= 15 is 0 Å². The van der Waals surface area contributed by atoms with Crippen molar-refractivity contribution in [1.29, 1.82) is 0 Å². The number of amidine groups is 1. The fourth-order valence-electron chi connectivity index (χ4n) is 3.42. The van der Waals surface area contributed by atoms with Gasteiger partial charge in [0, 0.05) is 37.1 Å². The normalized spacial score (nSPS) is 20.3. The largest absolute Gasteiger partial charge is 0.339 e. The van der Waals surface area contributed by atoms with Crippen molar-refractivity contribution in [2.75, 3.05) is 30.7 Å². The predicted molar refractivity (Wildman–Crippen MR) is 105 cm³/mol. The summed E-state index contributed by atoms with van der Waals surface area (Å²) in [6, 6.07) is 6.76. The van der Waals surface area contributed by atoms with Crippen LogP contribution in [0.1, 0.15) is 23.2 Å². The molecule has 4 rings (SSSR count). The second kappa shape index (κ2) is 7.23. The number of anilines is 1. The zero-order valence-electron chi connectivity index (χ0n) is 15.2. The molecule has 28 heavy (non-hydrogen) atoms. The number of likely N-dealkylation sites (tertiary alicyclic amines) is 1. The first-order valence-electron chi connectivity index (χ1n) is 9.12. The first kappa shape index (κ1) is 18.4. The number of carbonyl (C=O) groups excluding carboxylic acids is 2. The van der Waals surface area contributed by atoms with Crippen molar-refractivity contribution < 1.29 is 18.0 Å². The minimum atomic E-state index is -3.58. The standard InChI is InChI=1S/C19H20N4O4S/c24-18(16-7-4-10-22-11-12-28(26,27)21-17(16)22)20-15-6-3-5-14(13-15)19(25)23-8-1-2-9-23/h3-7,10,13H,1-2,8-9,11-12H2,(H,20,24). The second-order valence-electron chi connectivity index (χ2n) is 6.85. The van der Waals surface area contributed by atoms with Gasteiger partial charge in [0.25, 0.3) is 21.8 Å². The molecule has 3 aliphatic rings. The molecule has 8 nitrogen and oxygen atoms in total. The van der Waals surface area contributed by atoms with E-state index in [4.69, 9.17) is 0 Å². The van der Waals surface area contributed by atoms with Gasteiger partial charge in [-0.3, -0.25) is 9.59 Å². The van der Waals surface area contributed by atoms with E-state index in [1.807, 2.05) is 0 Å². The van der Waals surface area contributed by atoms with Crippen molar-refractivity contribution in [1.82, 2.24) is 9.80 Å². The molecule has 146 valence electrons. The van der Waals surface area contributed by atoms with E-state index in [1.165, 1.54) is 6.08 Å². The molecule has 0 radical (unpaired) electrons. The average molecular weight is 400 g/mol. The summed E-state index contributed by atoms with van der Waals surface area (Å²) in [6.45, 7) is 1.75. The summed E-state index contributed by atoms with van der Waals surface area (Å²) in [7, 11) is -3.58. The molecule has 0 bridgehead atoms. The SMILES string of the molecule is O=C(Nc1cccc(C(=O)N2CCCC2)c1)C1=CC=CN2CCS(=O)(=O)N=C12. The molecular formula is C19H20N4O4S. The number of hydrogen-bond acceptors (Lipinski definition) is 5. The van der Waals surface area contributed by atoms with Crippen LogP contribution in [0.4, 0.5) is 5.69 Å². The van der Waals surface area contributed by atoms with E-state index in [9.17, 15) is 18.0 Å². The number of hydrogen-bond donors (Lipinski definition) is 1. The van der Waals surface area contributed by atoms with Gasteiger partial charge in [-0.1, -0.05) is 6.07 Å². The lowest BCUT2D eigenvalue weighted by molar-refractivity contribution is -0.112. The number of sulfonamides is 1. The Morgan fingerprint density at radius 1 is 1.11 bits per heavy atom. The van der Waals surface area contributed by atoms with Crippen LogP contribution in [-0.4, -0.2) is 61.3 Å². The first-order valence-corrected chi connectivity index (χ1v) is 10.7. The van der Waals surface area contributed by atoms with Gasteiger partial charge >= 0.3 is 0 Å². The van der Waals surface area contributed by atoms with Crippen LogP contribution in [0.15, 0.2) is 52.6 Å². The van der Waals surface area contributed by atoms with Gasteiger partial charge in [0.05, 0.1) is 11.3 Å². The molecule has 1 aromatic rings. The highest BCUT2D eigenvalue weighted by Gasteiger charge is 2.30. The number of carbonyl (C=O) groups is 2. The van der Waals surface area contributed by atoms with Gasteiger partial charge in [-0.05, 0) is 43.2 Å². The van der Waals surface area contributed by atoms with Gasteiger partial charge < -0.3 is 15.1 Å². The molecule has 1 aromatic carbocycles. The van der Waals surface area contributed by atoms with Crippen LogP contribution >= 0.6 is 0 Å². The Morgan fingerprint density at radius 3 is 2.68 bits per heavy atom. The molecule has 3 heterocycles. The van der Waals surface area contributed by atoms with E-state index in [-0.39, 0.29) is 29.6 Å². The van der Waals surface area contributed by atoms with E-state index < -0.39 is 15.9 Å². The lowest BCUT2D eigenvalue weighted by Crippen LogP contribution is -2.40. The fraction of sp³-hybridized carbons (Fsp3) is 0.316. The Hall–Kier alpha value is -2.94. The first-order chi connectivity index (χ1) is 13.4. The molecule has 1 saturated heterocycles. The molecule has 0 aliphatic carbocycles. The van der Waals surface area contributed by atoms with Gasteiger partial charge in [-0.2, -0.15) is 0 Å². The molecule has 1 fully saturated rings. The van der Waals surface area contributed by atoms with Gasteiger partial charge in [-0.25, -0.2) is 8.42 Å². The molecule has 2 amide bonds. The van der Waals surface area contributed by atoms with Crippen LogP contribution in [0.5, 0.6) is 0 Å². The number of fused-ring (bicyclic) bond motifs is 1. The maximum absolute atomic E-state index is 12.8. The quantitative estimate of drug-likeness (QED) is 0.826. The minimum absolute atomic E-state index is 0.0534. The molecule has 0 saturated carbocycles. The number of allylic oxidation sites excluding steroid dienone is 2. The summed E-state index contributed by atoms with van der Waals surface area (Å²) >= 11 is 0. The van der Waals surface area contributed by atoms with Crippen LogP contribution < -0.4 is 5.32 Å². The van der Waals surface area contributed by atoms with Crippen LogP contribution in [-0.2, 0) is 14.8 Å². The van der Waals surface area contributed by atoms with Crippen molar-refractivity contribution >= 4 is 33.4 Å². The van der Waals surface area contributed by atoms with Crippen molar-refractivity contribution in [3.8, 4) is 0 Å². The zero-order chi connectivity index (χ0) is 19.7. The van der Waals surface area contributed by atoms with Crippen molar-refractivity contribution in [2.45, 2.75) is 12.8 Å². The summed E-state index contributed by atoms with van der Waals surface area (Å²) in [5.74, 6) is -0.495. The zero-order valence-corrected chi connectivity index (χ0v) is 16.0. The number of benzene rings is 1. The van der Waals surface area contributed by atoms with E-state index in [1.54, 1.807) is 46.3 Å². The Bertz CT molecular complexity index is 1020. The molecule has 0 aromatic heterocycles. The topological polar surface area (TPSA) is 99.1 Å². The molecule has 9 heteroatoms. The lowest BCUT2D eigenvalue weighted by atomic mass is 10.1. The Labute approximate surface area is 163 Å². The van der Waals surface area contributed by atoms with E-state index in [0.29, 0.717) is 11.3 Å². The van der Waals surface area contributed by atoms with Crippen LogP contribution in [0.25, 0.3) is 0 Å². The number of amides is 2. The molecule has 0 spiro atoms. The smallest absolute Gasteiger partial charge is 0.259 e. The van der Waals surface area contributed by atoms with Gasteiger partial charge in [0.15, 0.2) is 5.84 Å². The highest BCUT2D eigenvalue weighted by Crippen LogP contribution is 2.21. The van der Waals surface area contributed by atoms with Gasteiger partial charge in [-0.15, -0.1) is 4.40 Å². The number of nitrogens with zero attached hydrogens (tertiary/aromatic N) is 3. The number of nitrogens with one attached hydrogen (secondary N) is 1. The van der Waals surface area contributed by atoms with E-state index in [2.05, 4.69) is 9.71 Å². The predicted octanol–water partition coefficient (Wildman–Crippen LogP) is 1.36. The van der Waals surface area contributed by atoms with Gasteiger partial charge in [0.2, 0.25) is 0 Å². The highest BCUT2D eigenvalue weighted by molar-refractivity contribution is 7.90. The third kappa shape index (κ3) is 3.70. The third-order valence-electron chi connectivity index (χ3n) is 4.86. The monoisotopic (exact) mass is 400 g/mol. The average Bonchev–Trinajstić information content (AvgIpc) is 3.21. The van der Waals surface area contributed by atoms with Crippen molar-refractivity contribution in [3.05, 3.63) is 53.8 Å². The van der Waals surface area contributed by atoms with Crippen molar-refractivity contribution in [2.24, 2.45) is 4.40 Å². The van der Waals surface area contributed by atoms with Crippen LogP contribution in [0.2, 0.25) is 0 Å². The summed E-state index contributed by atoms with van der Waals surface area (Å²) in [6.07, 6.45) is 6.92. The molecular weight excluding hydrogens is 380 g/mol. The Kier molecular flexibility index (Phi) is 4.76. The molecule has 1 N–H and O–H groups in total. The third-order valence-corrected chi connectivity index (χ3v) is 6.01. The fourth-order valence-corrected chi connectivity index (χ4v) is 4.41. The van der Waals surface area contributed by atoms with Crippen LogP contribution in [0.3, 0.4) is 0 Å². The lowest BCUT2D eigenvalue weighted by Gasteiger charge is -2.28. The van der Waals surface area contributed by atoms with E-state index in [0.717, 1.165) is 25.9 Å². The summed E-state index contributed by atoms with van der Waals surface area (Å²) < 4.78 is 27.4.